The summed E-state index contributed by atoms with van der Waals surface area (Å²) in [6, 6.07) is 10.6. The normalized spacial score (nSPS) is 17.4. The number of carbonyl (C=O) groups excluding carboxylic acids is 3. The number of ether oxygens (including phenoxy) is 1. The number of para-hydroxylation sites is 1. The van der Waals surface area contributed by atoms with Gasteiger partial charge in [0.15, 0.2) is 11.8 Å². The summed E-state index contributed by atoms with van der Waals surface area (Å²) < 4.78 is 6.90. The molecule has 2 aliphatic rings. The van der Waals surface area contributed by atoms with Crippen molar-refractivity contribution < 1.29 is 19.1 Å². The van der Waals surface area contributed by atoms with Crippen LogP contribution in [0.3, 0.4) is 0 Å². The van der Waals surface area contributed by atoms with Crippen LogP contribution in [0, 0.1) is 0 Å². The molecule has 2 saturated carbocycles. The van der Waals surface area contributed by atoms with E-state index in [1.807, 2.05) is 30.3 Å². The van der Waals surface area contributed by atoms with Gasteiger partial charge in [-0.15, -0.1) is 0 Å². The molecule has 158 valence electrons. The quantitative estimate of drug-likeness (QED) is 0.713. The van der Waals surface area contributed by atoms with Gasteiger partial charge in [0.05, 0.1) is 11.4 Å². The fraction of sp³-hybridized carbons (Fsp3) is 0.455. The molecule has 1 atom stereocenters. The predicted molar refractivity (Wildman–Crippen MR) is 109 cm³/mol. The van der Waals surface area contributed by atoms with Crippen LogP contribution in [0.15, 0.2) is 36.4 Å². The number of aromatic nitrogens is 2. The molecule has 0 aliphatic heterocycles. The smallest absolute Gasteiger partial charge is 0.357 e. The Morgan fingerprint density at radius 2 is 1.80 bits per heavy atom. The summed E-state index contributed by atoms with van der Waals surface area (Å²) in [5.74, 6) is -0.953. The highest BCUT2D eigenvalue weighted by atomic mass is 16.5. The third-order valence-corrected chi connectivity index (χ3v) is 5.51. The van der Waals surface area contributed by atoms with E-state index in [0.717, 1.165) is 49.9 Å². The van der Waals surface area contributed by atoms with E-state index < -0.39 is 24.0 Å². The highest BCUT2D eigenvalue weighted by molar-refractivity contribution is 5.98. The Bertz CT molecular complexity index is 930. The topological polar surface area (TPSA) is 102 Å². The molecule has 2 aliphatic carbocycles. The molecule has 1 aromatic carbocycles. The van der Waals surface area contributed by atoms with Crippen molar-refractivity contribution in [1.82, 2.24) is 20.4 Å². The van der Waals surface area contributed by atoms with Crippen molar-refractivity contribution in [1.29, 1.82) is 0 Å². The van der Waals surface area contributed by atoms with Crippen LogP contribution in [0.1, 0.15) is 67.5 Å². The zero-order valence-electron chi connectivity index (χ0n) is 17.0. The molecule has 1 heterocycles. The van der Waals surface area contributed by atoms with Gasteiger partial charge in [-0.05, 0) is 50.8 Å². The van der Waals surface area contributed by atoms with Gasteiger partial charge < -0.3 is 10.1 Å². The molecule has 4 rings (SSSR count). The second-order valence-corrected chi connectivity index (χ2v) is 7.97. The molecule has 3 amide bonds. The van der Waals surface area contributed by atoms with E-state index in [2.05, 4.69) is 15.7 Å². The Morgan fingerprint density at radius 1 is 1.10 bits per heavy atom. The third-order valence-electron chi connectivity index (χ3n) is 5.51. The largest absolute Gasteiger partial charge is 0.448 e. The van der Waals surface area contributed by atoms with Crippen LogP contribution < -0.4 is 10.6 Å². The molecule has 30 heavy (non-hydrogen) atoms. The van der Waals surface area contributed by atoms with Gasteiger partial charge in [0.2, 0.25) is 0 Å². The number of benzene rings is 1. The number of nitrogens with one attached hydrogen (secondary N) is 2. The second-order valence-electron chi connectivity index (χ2n) is 7.97. The van der Waals surface area contributed by atoms with E-state index in [1.165, 1.54) is 6.92 Å². The molecule has 0 spiro atoms. The average Bonchev–Trinajstić information content (AvgIpc) is 3.28. The minimum absolute atomic E-state index is 0.0942. The molecule has 1 aromatic heterocycles. The number of amides is 3. The third kappa shape index (κ3) is 4.69. The van der Waals surface area contributed by atoms with Crippen LogP contribution in [-0.4, -0.2) is 39.8 Å². The molecule has 8 heteroatoms. The number of hydrogen-bond donors (Lipinski definition) is 2. The van der Waals surface area contributed by atoms with Crippen LogP contribution in [-0.2, 0) is 9.53 Å². The Labute approximate surface area is 175 Å². The Morgan fingerprint density at radius 3 is 2.47 bits per heavy atom. The lowest BCUT2D eigenvalue weighted by atomic mass is 10.2. The van der Waals surface area contributed by atoms with Crippen LogP contribution >= 0.6 is 0 Å². The summed E-state index contributed by atoms with van der Waals surface area (Å²) >= 11 is 0. The van der Waals surface area contributed by atoms with Gasteiger partial charge in [0.25, 0.3) is 5.91 Å². The molecule has 2 N–H and O–H groups in total. The molecular weight excluding hydrogens is 384 g/mol. The van der Waals surface area contributed by atoms with Gasteiger partial charge in [0, 0.05) is 12.0 Å². The standard InChI is InChI=1S/C22H26N4O4/c1-14(20(27)24-22(29)23-16-7-5-6-8-16)30-21(28)19-13-18(15-11-12-15)25-26(19)17-9-3-2-4-10-17/h2-4,9-10,13-16H,5-8,11-12H2,1H3,(H2,23,24,27,29)/t14-/m1/s1. The van der Waals surface area contributed by atoms with Crippen molar-refractivity contribution in [2.75, 3.05) is 0 Å². The fourth-order valence-electron chi connectivity index (χ4n) is 3.67. The van der Waals surface area contributed by atoms with Crippen LogP contribution in [0.5, 0.6) is 0 Å². The second kappa shape index (κ2) is 8.69. The van der Waals surface area contributed by atoms with E-state index in [4.69, 9.17) is 4.74 Å². The van der Waals surface area contributed by atoms with Crippen LogP contribution in [0.2, 0.25) is 0 Å². The van der Waals surface area contributed by atoms with E-state index in [0.29, 0.717) is 5.92 Å². The van der Waals surface area contributed by atoms with E-state index >= 15 is 0 Å². The number of hydrogen-bond acceptors (Lipinski definition) is 5. The van der Waals surface area contributed by atoms with Crippen molar-refractivity contribution in [2.45, 2.75) is 63.5 Å². The first-order valence-electron chi connectivity index (χ1n) is 10.5. The summed E-state index contributed by atoms with van der Waals surface area (Å²) in [4.78, 5) is 37.1. The predicted octanol–water partition coefficient (Wildman–Crippen LogP) is 3.06. The van der Waals surface area contributed by atoms with Crippen molar-refractivity contribution in [2.24, 2.45) is 0 Å². The number of esters is 1. The lowest BCUT2D eigenvalue weighted by Crippen LogP contribution is -2.47. The highest BCUT2D eigenvalue weighted by Crippen LogP contribution is 2.39. The fourth-order valence-corrected chi connectivity index (χ4v) is 3.67. The van der Waals surface area contributed by atoms with Crippen LogP contribution in [0.25, 0.3) is 5.69 Å². The van der Waals surface area contributed by atoms with Gasteiger partial charge in [0.1, 0.15) is 0 Å². The Balaban J connectivity index is 1.41. The summed E-state index contributed by atoms with van der Waals surface area (Å²) in [5.41, 5.74) is 1.85. The molecule has 2 aromatic rings. The monoisotopic (exact) mass is 410 g/mol. The van der Waals surface area contributed by atoms with Gasteiger partial charge in [-0.3, -0.25) is 10.1 Å². The van der Waals surface area contributed by atoms with Crippen molar-refractivity contribution in [3.8, 4) is 5.69 Å². The van der Waals surface area contributed by atoms with Gasteiger partial charge in [-0.1, -0.05) is 31.0 Å². The maximum atomic E-state index is 12.8. The molecule has 0 unspecified atom stereocenters. The average molecular weight is 410 g/mol. The SMILES string of the molecule is C[C@@H](OC(=O)c1cc(C2CC2)nn1-c1ccccc1)C(=O)NC(=O)NC1CCCC1. The molecule has 0 saturated heterocycles. The maximum absolute atomic E-state index is 12.8. The molecule has 8 nitrogen and oxygen atoms in total. The highest BCUT2D eigenvalue weighted by Gasteiger charge is 2.30. The van der Waals surface area contributed by atoms with Gasteiger partial charge in [-0.25, -0.2) is 14.3 Å². The van der Waals surface area contributed by atoms with Crippen LogP contribution in [0.4, 0.5) is 4.79 Å². The number of nitrogens with zero attached hydrogens (tertiary/aromatic N) is 2. The molecule has 2 fully saturated rings. The zero-order valence-corrected chi connectivity index (χ0v) is 17.0. The number of rotatable bonds is 6. The number of imide groups is 1. The molecule has 0 bridgehead atoms. The Kier molecular flexibility index (Phi) is 5.83. The summed E-state index contributed by atoms with van der Waals surface area (Å²) in [7, 11) is 0. The maximum Gasteiger partial charge on any atom is 0.357 e. The summed E-state index contributed by atoms with van der Waals surface area (Å²) in [6.07, 6.45) is 4.97. The van der Waals surface area contributed by atoms with E-state index in [1.54, 1.807) is 10.7 Å². The lowest BCUT2D eigenvalue weighted by molar-refractivity contribution is -0.127. The van der Waals surface area contributed by atoms with E-state index in [-0.39, 0.29) is 11.7 Å². The van der Waals surface area contributed by atoms with E-state index in [9.17, 15) is 14.4 Å². The van der Waals surface area contributed by atoms with Crippen molar-refractivity contribution in [3.63, 3.8) is 0 Å². The van der Waals surface area contributed by atoms with Crippen molar-refractivity contribution >= 4 is 17.9 Å². The van der Waals surface area contributed by atoms with Crippen molar-refractivity contribution in [3.05, 3.63) is 47.8 Å². The van der Waals surface area contributed by atoms with Gasteiger partial charge in [-0.2, -0.15) is 5.10 Å². The molecular formula is C22H26N4O4. The van der Waals surface area contributed by atoms with Gasteiger partial charge >= 0.3 is 12.0 Å². The first-order chi connectivity index (χ1) is 14.5. The number of carbonyl (C=O) groups is 3. The molecule has 0 radical (unpaired) electrons. The minimum Gasteiger partial charge on any atom is -0.448 e. The first kappa shape index (κ1) is 20.1. The Hall–Kier alpha value is -3.16. The minimum atomic E-state index is -1.12. The summed E-state index contributed by atoms with van der Waals surface area (Å²) in [5, 5.41) is 9.60. The zero-order chi connectivity index (χ0) is 21.1. The summed E-state index contributed by atoms with van der Waals surface area (Å²) in [6.45, 7) is 1.45. The first-order valence-corrected chi connectivity index (χ1v) is 10.5. The lowest BCUT2D eigenvalue weighted by Gasteiger charge is -2.16. The number of urea groups is 1.